The lowest BCUT2D eigenvalue weighted by Gasteiger charge is -2.36. The van der Waals surface area contributed by atoms with E-state index in [-0.39, 0.29) is 11.6 Å². The van der Waals surface area contributed by atoms with Gasteiger partial charge in [0.15, 0.2) is 0 Å². The summed E-state index contributed by atoms with van der Waals surface area (Å²) in [6, 6.07) is 7.79. The molecule has 1 aliphatic rings. The van der Waals surface area contributed by atoms with E-state index in [2.05, 4.69) is 29.1 Å². The van der Waals surface area contributed by atoms with Crippen LogP contribution in [0.15, 0.2) is 36.7 Å². The van der Waals surface area contributed by atoms with E-state index in [9.17, 15) is 14.9 Å². The van der Waals surface area contributed by atoms with Crippen LogP contribution in [0.25, 0.3) is 0 Å². The Labute approximate surface area is 152 Å². The highest BCUT2D eigenvalue weighted by Gasteiger charge is 2.27. The summed E-state index contributed by atoms with van der Waals surface area (Å²) in [4.78, 5) is 27.1. The quantitative estimate of drug-likeness (QED) is 0.604. The molecule has 138 valence electrons. The molecule has 1 fully saturated rings. The monoisotopic (exact) mass is 357 g/mol. The molecule has 0 spiro atoms. The average Bonchev–Trinajstić information content (AvgIpc) is 3.13. The number of amides is 1. The van der Waals surface area contributed by atoms with Crippen LogP contribution < -0.4 is 0 Å². The van der Waals surface area contributed by atoms with E-state index in [1.807, 2.05) is 17.0 Å². The van der Waals surface area contributed by atoms with Crippen LogP contribution in [0.1, 0.15) is 24.1 Å². The fraction of sp³-hybridized carbons (Fsp3) is 0.444. The molecule has 1 aromatic heterocycles. The number of aryl methyl sites for hydroxylation is 1. The van der Waals surface area contributed by atoms with Crippen molar-refractivity contribution in [3.63, 3.8) is 0 Å². The molecule has 26 heavy (non-hydrogen) atoms. The lowest BCUT2D eigenvalue weighted by Crippen LogP contribution is -2.50. The van der Waals surface area contributed by atoms with E-state index < -0.39 is 11.0 Å². The van der Waals surface area contributed by atoms with Crippen molar-refractivity contribution < 1.29 is 9.72 Å². The zero-order chi connectivity index (χ0) is 18.7. The Kier molecular flexibility index (Phi) is 5.32. The first kappa shape index (κ1) is 18.1. The molecule has 1 saturated heterocycles. The fourth-order valence-electron chi connectivity index (χ4n) is 3.17. The summed E-state index contributed by atoms with van der Waals surface area (Å²) in [5, 5.41) is 14.7. The second kappa shape index (κ2) is 7.65. The predicted molar refractivity (Wildman–Crippen MR) is 96.6 cm³/mol. The molecule has 8 nitrogen and oxygen atoms in total. The van der Waals surface area contributed by atoms with Crippen LogP contribution in [0.5, 0.6) is 0 Å². The number of nitro groups is 1. The van der Waals surface area contributed by atoms with Crippen molar-refractivity contribution in [2.24, 2.45) is 0 Å². The fourth-order valence-corrected chi connectivity index (χ4v) is 3.17. The SMILES string of the molecule is Cc1ccccc1CN1CCN(C(=O)C(C)n2cc([N+](=O)[O-])cn2)CC1. The molecule has 2 heterocycles. The molecular formula is C18H23N5O3. The van der Waals surface area contributed by atoms with Crippen LogP contribution in [0.3, 0.4) is 0 Å². The lowest BCUT2D eigenvalue weighted by molar-refractivity contribution is -0.385. The number of piperazine rings is 1. The van der Waals surface area contributed by atoms with Gasteiger partial charge in [0.25, 0.3) is 0 Å². The molecule has 0 radical (unpaired) electrons. The highest BCUT2D eigenvalue weighted by Crippen LogP contribution is 2.17. The number of hydrogen-bond acceptors (Lipinski definition) is 5. The molecule has 3 rings (SSSR count). The Morgan fingerprint density at radius 2 is 1.96 bits per heavy atom. The van der Waals surface area contributed by atoms with E-state index >= 15 is 0 Å². The van der Waals surface area contributed by atoms with Crippen LogP contribution in [0.2, 0.25) is 0 Å². The molecule has 2 aromatic rings. The van der Waals surface area contributed by atoms with Gasteiger partial charge in [0.2, 0.25) is 5.91 Å². The maximum absolute atomic E-state index is 12.7. The lowest BCUT2D eigenvalue weighted by atomic mass is 10.1. The molecule has 1 amide bonds. The number of benzene rings is 1. The number of aromatic nitrogens is 2. The second-order valence-electron chi connectivity index (χ2n) is 6.64. The Morgan fingerprint density at radius 3 is 2.58 bits per heavy atom. The third kappa shape index (κ3) is 3.91. The topological polar surface area (TPSA) is 84.5 Å². The van der Waals surface area contributed by atoms with Crippen LogP contribution in [0.4, 0.5) is 5.69 Å². The molecule has 1 atom stereocenters. The van der Waals surface area contributed by atoms with Crippen molar-refractivity contribution >= 4 is 11.6 Å². The molecule has 8 heteroatoms. The smallest absolute Gasteiger partial charge is 0.307 e. The van der Waals surface area contributed by atoms with Gasteiger partial charge in [-0.1, -0.05) is 24.3 Å². The summed E-state index contributed by atoms with van der Waals surface area (Å²) < 4.78 is 1.36. The van der Waals surface area contributed by atoms with Crippen molar-refractivity contribution in [2.75, 3.05) is 26.2 Å². The number of carbonyl (C=O) groups is 1. The first-order valence-corrected chi connectivity index (χ1v) is 8.70. The minimum absolute atomic E-state index is 0.0569. The van der Waals surface area contributed by atoms with E-state index in [4.69, 9.17) is 0 Å². The van der Waals surface area contributed by atoms with Gasteiger partial charge in [-0.2, -0.15) is 5.10 Å². The third-order valence-electron chi connectivity index (χ3n) is 4.89. The number of hydrogen-bond donors (Lipinski definition) is 0. The standard InChI is InChI=1S/C18H23N5O3/c1-14-5-3-4-6-16(14)12-20-7-9-21(10-8-20)18(24)15(2)22-13-17(11-19-22)23(25)26/h3-6,11,13,15H,7-10,12H2,1-2H3. The van der Waals surface area contributed by atoms with E-state index in [0.29, 0.717) is 13.1 Å². The summed E-state index contributed by atoms with van der Waals surface area (Å²) in [5.74, 6) is -0.0569. The number of nitrogens with zero attached hydrogens (tertiary/aromatic N) is 5. The van der Waals surface area contributed by atoms with Crippen LogP contribution in [-0.2, 0) is 11.3 Å². The maximum Gasteiger partial charge on any atom is 0.307 e. The summed E-state index contributed by atoms with van der Waals surface area (Å²) in [5.41, 5.74) is 2.48. The van der Waals surface area contributed by atoms with E-state index in [1.54, 1.807) is 6.92 Å². The molecule has 1 aliphatic heterocycles. The van der Waals surface area contributed by atoms with Gasteiger partial charge in [-0.15, -0.1) is 0 Å². The molecule has 0 aliphatic carbocycles. The van der Waals surface area contributed by atoms with Crippen molar-refractivity contribution in [1.82, 2.24) is 19.6 Å². The minimum atomic E-state index is -0.549. The van der Waals surface area contributed by atoms with Crippen molar-refractivity contribution in [2.45, 2.75) is 26.4 Å². The minimum Gasteiger partial charge on any atom is -0.338 e. The van der Waals surface area contributed by atoms with Gasteiger partial charge in [0.05, 0.1) is 4.92 Å². The molecule has 1 aromatic carbocycles. The Hall–Kier alpha value is -2.74. The molecular weight excluding hydrogens is 334 g/mol. The molecule has 0 N–H and O–H groups in total. The summed E-state index contributed by atoms with van der Waals surface area (Å²) in [6.45, 7) is 7.64. The summed E-state index contributed by atoms with van der Waals surface area (Å²) in [6.07, 6.45) is 2.47. The van der Waals surface area contributed by atoms with Crippen molar-refractivity contribution in [3.8, 4) is 0 Å². The zero-order valence-electron chi connectivity index (χ0n) is 15.0. The van der Waals surface area contributed by atoms with Gasteiger partial charge in [-0.05, 0) is 25.0 Å². The zero-order valence-corrected chi connectivity index (χ0v) is 15.0. The first-order chi connectivity index (χ1) is 12.5. The van der Waals surface area contributed by atoms with Crippen LogP contribution in [-0.4, -0.2) is 56.6 Å². The number of rotatable bonds is 5. The molecule has 1 unspecified atom stereocenters. The predicted octanol–water partition coefficient (Wildman–Crippen LogP) is 2.01. The normalized spacial score (nSPS) is 16.5. The van der Waals surface area contributed by atoms with Gasteiger partial charge < -0.3 is 4.90 Å². The van der Waals surface area contributed by atoms with Crippen molar-refractivity contribution in [3.05, 3.63) is 57.9 Å². The third-order valence-corrected chi connectivity index (χ3v) is 4.89. The van der Waals surface area contributed by atoms with E-state index in [1.165, 1.54) is 28.2 Å². The summed E-state index contributed by atoms with van der Waals surface area (Å²) >= 11 is 0. The maximum atomic E-state index is 12.7. The second-order valence-corrected chi connectivity index (χ2v) is 6.64. The van der Waals surface area contributed by atoms with Crippen molar-refractivity contribution in [1.29, 1.82) is 0 Å². The number of carbonyl (C=O) groups excluding carboxylic acids is 1. The Bertz CT molecular complexity index is 796. The van der Waals surface area contributed by atoms with Gasteiger partial charge >= 0.3 is 5.69 Å². The van der Waals surface area contributed by atoms with Crippen LogP contribution >= 0.6 is 0 Å². The Balaban J connectivity index is 1.56. The largest absolute Gasteiger partial charge is 0.338 e. The van der Waals surface area contributed by atoms with Gasteiger partial charge in [-0.25, -0.2) is 0 Å². The molecule has 0 saturated carbocycles. The van der Waals surface area contributed by atoms with Gasteiger partial charge in [-0.3, -0.25) is 24.5 Å². The molecule has 0 bridgehead atoms. The highest BCUT2D eigenvalue weighted by atomic mass is 16.6. The van der Waals surface area contributed by atoms with Gasteiger partial charge in [0.1, 0.15) is 18.4 Å². The first-order valence-electron chi connectivity index (χ1n) is 8.70. The van der Waals surface area contributed by atoms with E-state index in [0.717, 1.165) is 19.6 Å². The Morgan fingerprint density at radius 1 is 1.27 bits per heavy atom. The summed E-state index contributed by atoms with van der Waals surface area (Å²) in [7, 11) is 0. The highest BCUT2D eigenvalue weighted by molar-refractivity contribution is 5.80. The van der Waals surface area contributed by atoms with Crippen LogP contribution in [0, 0.1) is 17.0 Å². The average molecular weight is 357 g/mol. The van der Waals surface area contributed by atoms with Gasteiger partial charge in [0, 0.05) is 32.7 Å².